The molecule has 0 unspecified atom stereocenters. The molecule has 7 nitrogen and oxygen atoms in total. The van der Waals surface area contributed by atoms with Gasteiger partial charge in [-0.3, -0.25) is 4.79 Å². The van der Waals surface area contributed by atoms with Gasteiger partial charge in [-0.05, 0) is 55.7 Å². The molecule has 172 valence electrons. The molecule has 0 atom stereocenters. The molecular weight excluding hydrogens is 440 g/mol. The number of aryl methyl sites for hydroxylation is 1. The molecule has 0 radical (unpaired) electrons. The highest BCUT2D eigenvalue weighted by Crippen LogP contribution is 2.25. The van der Waals surface area contributed by atoms with Gasteiger partial charge in [-0.1, -0.05) is 30.3 Å². The highest BCUT2D eigenvalue weighted by atomic mass is 32.2. The molecular formula is C25H26N2O5S. The summed E-state index contributed by atoms with van der Waals surface area (Å²) in [6.07, 6.45) is 0.637. The molecule has 0 N–H and O–H groups in total. The molecule has 1 aliphatic heterocycles. The summed E-state index contributed by atoms with van der Waals surface area (Å²) in [5.41, 5.74) is 4.44. The number of hydrogen-bond donors (Lipinski definition) is 0. The molecule has 0 saturated carbocycles. The van der Waals surface area contributed by atoms with Crippen LogP contribution in [0, 0.1) is 13.8 Å². The largest absolute Gasteiger partial charge is 0.454 e. The molecule has 0 amide bonds. The molecule has 0 bridgehead atoms. The number of fused-ring (bicyclic) bond motifs is 1. The molecule has 0 fully saturated rings. The maximum atomic E-state index is 13.2. The second-order valence-electron chi connectivity index (χ2n) is 8.23. The second-order valence-corrected chi connectivity index (χ2v) is 10.2. The highest BCUT2D eigenvalue weighted by molar-refractivity contribution is 7.89. The van der Waals surface area contributed by atoms with Gasteiger partial charge in [-0.25, -0.2) is 13.2 Å². The minimum Gasteiger partial charge on any atom is -0.454 e. The zero-order valence-electron chi connectivity index (χ0n) is 18.9. The maximum absolute atomic E-state index is 13.2. The summed E-state index contributed by atoms with van der Waals surface area (Å²) in [5.74, 6) is -1.05. The van der Waals surface area contributed by atoms with Crippen LogP contribution in [0.15, 0.2) is 59.5 Å². The molecule has 4 rings (SSSR count). The summed E-state index contributed by atoms with van der Waals surface area (Å²) in [5, 5.41) is 0. The maximum Gasteiger partial charge on any atom is 0.338 e. The van der Waals surface area contributed by atoms with Gasteiger partial charge in [0.2, 0.25) is 15.8 Å². The van der Waals surface area contributed by atoms with Crippen LogP contribution in [-0.4, -0.2) is 42.2 Å². The van der Waals surface area contributed by atoms with E-state index in [1.165, 1.54) is 28.6 Å². The molecule has 0 spiro atoms. The summed E-state index contributed by atoms with van der Waals surface area (Å²) >= 11 is 0. The Balaban J connectivity index is 1.47. The monoisotopic (exact) mass is 466 g/mol. The molecule has 0 saturated heterocycles. The summed E-state index contributed by atoms with van der Waals surface area (Å²) in [4.78, 5) is 25.1. The lowest BCUT2D eigenvalue weighted by Crippen LogP contribution is -2.36. The van der Waals surface area contributed by atoms with Crippen LogP contribution in [0.1, 0.15) is 43.2 Å². The van der Waals surface area contributed by atoms with E-state index in [2.05, 4.69) is 0 Å². The molecule has 0 aliphatic carbocycles. The average Bonchev–Trinajstić information content (AvgIpc) is 3.09. The number of ketones is 1. The Labute approximate surface area is 193 Å². The fraction of sp³-hybridized carbons (Fsp3) is 0.280. The first-order valence-corrected chi connectivity index (χ1v) is 12.1. The van der Waals surface area contributed by atoms with Crippen molar-refractivity contribution in [2.45, 2.75) is 31.7 Å². The van der Waals surface area contributed by atoms with E-state index in [4.69, 9.17) is 4.74 Å². The van der Waals surface area contributed by atoms with Crippen LogP contribution in [0.25, 0.3) is 0 Å². The number of rotatable bonds is 6. The highest BCUT2D eigenvalue weighted by Gasteiger charge is 2.29. The number of aromatic nitrogens is 1. The summed E-state index contributed by atoms with van der Waals surface area (Å²) in [6.45, 7) is 3.97. The second kappa shape index (κ2) is 8.96. The molecule has 8 heteroatoms. The third kappa shape index (κ3) is 4.49. The Hall–Kier alpha value is -3.23. The van der Waals surface area contributed by atoms with Crippen molar-refractivity contribution < 1.29 is 22.7 Å². The van der Waals surface area contributed by atoms with Gasteiger partial charge in [0, 0.05) is 37.1 Å². The predicted octanol–water partition coefficient (Wildman–Crippen LogP) is 3.43. The number of ether oxygens (including phenoxy) is 1. The third-order valence-electron chi connectivity index (χ3n) is 6.21. The molecule has 33 heavy (non-hydrogen) atoms. The lowest BCUT2D eigenvalue weighted by atomic mass is 10.0. The first kappa shape index (κ1) is 22.9. The zero-order chi connectivity index (χ0) is 23.8. The van der Waals surface area contributed by atoms with E-state index >= 15 is 0 Å². The van der Waals surface area contributed by atoms with Crippen LogP contribution in [0.4, 0.5) is 0 Å². The Morgan fingerprint density at radius 1 is 1.00 bits per heavy atom. The number of benzene rings is 2. The van der Waals surface area contributed by atoms with E-state index in [1.54, 1.807) is 6.07 Å². The van der Waals surface area contributed by atoms with Crippen LogP contribution in [0.2, 0.25) is 0 Å². The van der Waals surface area contributed by atoms with Crippen molar-refractivity contribution in [3.8, 4) is 0 Å². The SMILES string of the molecule is Cc1cc(C(=O)COC(=O)c2cccc(S(=O)(=O)N3CCc4ccccc4C3)c2)c(C)n1C. The van der Waals surface area contributed by atoms with Crippen molar-refractivity contribution in [3.63, 3.8) is 0 Å². The zero-order valence-corrected chi connectivity index (χ0v) is 19.7. The summed E-state index contributed by atoms with van der Waals surface area (Å²) < 4.78 is 34.9. The minimum absolute atomic E-state index is 0.0252. The van der Waals surface area contributed by atoms with Gasteiger partial charge >= 0.3 is 5.97 Å². The van der Waals surface area contributed by atoms with Gasteiger partial charge in [0.25, 0.3) is 0 Å². The van der Waals surface area contributed by atoms with Crippen molar-refractivity contribution in [2.75, 3.05) is 13.2 Å². The van der Waals surface area contributed by atoms with Crippen LogP contribution in [0.5, 0.6) is 0 Å². The number of carbonyl (C=O) groups excluding carboxylic acids is 2. The first-order chi connectivity index (χ1) is 15.7. The molecule has 1 aliphatic rings. The van der Waals surface area contributed by atoms with Crippen molar-refractivity contribution in [1.29, 1.82) is 0 Å². The normalized spacial score (nSPS) is 14.0. The fourth-order valence-corrected chi connectivity index (χ4v) is 5.50. The van der Waals surface area contributed by atoms with Crippen LogP contribution < -0.4 is 0 Å². The molecule has 2 heterocycles. The number of Topliss-reactive ketones (excluding diaryl/α,β-unsaturated/α-hetero) is 1. The average molecular weight is 467 g/mol. The van der Waals surface area contributed by atoms with Gasteiger partial charge in [-0.15, -0.1) is 0 Å². The number of nitrogens with zero attached hydrogens (tertiary/aromatic N) is 2. The van der Waals surface area contributed by atoms with Crippen molar-refractivity contribution >= 4 is 21.8 Å². The fourth-order valence-electron chi connectivity index (χ4n) is 4.04. The lowest BCUT2D eigenvalue weighted by molar-refractivity contribution is 0.0474. The van der Waals surface area contributed by atoms with E-state index in [1.807, 2.05) is 49.7 Å². The first-order valence-electron chi connectivity index (χ1n) is 10.7. The van der Waals surface area contributed by atoms with Gasteiger partial charge in [-0.2, -0.15) is 4.31 Å². The van der Waals surface area contributed by atoms with Crippen LogP contribution in [-0.2, 0) is 34.8 Å². The number of sulfonamides is 1. The summed E-state index contributed by atoms with van der Waals surface area (Å²) in [6, 6.07) is 15.3. The van der Waals surface area contributed by atoms with Gasteiger partial charge in [0.1, 0.15) is 0 Å². The van der Waals surface area contributed by atoms with E-state index in [0.29, 0.717) is 18.5 Å². The van der Waals surface area contributed by atoms with E-state index in [-0.39, 0.29) is 22.8 Å². The van der Waals surface area contributed by atoms with Crippen molar-refractivity contribution in [3.05, 3.63) is 88.2 Å². The van der Waals surface area contributed by atoms with Crippen molar-refractivity contribution in [1.82, 2.24) is 8.87 Å². The predicted molar refractivity (Wildman–Crippen MR) is 124 cm³/mol. The lowest BCUT2D eigenvalue weighted by Gasteiger charge is -2.28. The molecule has 2 aromatic carbocycles. The number of hydrogen-bond acceptors (Lipinski definition) is 5. The third-order valence-corrected chi connectivity index (χ3v) is 8.05. The van der Waals surface area contributed by atoms with Gasteiger partial charge in [0.15, 0.2) is 6.61 Å². The molecule has 3 aromatic rings. The van der Waals surface area contributed by atoms with Crippen LogP contribution in [0.3, 0.4) is 0 Å². The quantitative estimate of drug-likeness (QED) is 0.410. The van der Waals surface area contributed by atoms with Gasteiger partial charge < -0.3 is 9.30 Å². The Bertz CT molecular complexity index is 1340. The Kier molecular flexibility index (Phi) is 6.23. The van der Waals surface area contributed by atoms with E-state index in [9.17, 15) is 18.0 Å². The topological polar surface area (TPSA) is 85.7 Å². The summed E-state index contributed by atoms with van der Waals surface area (Å²) in [7, 11) is -1.93. The van der Waals surface area contributed by atoms with E-state index < -0.39 is 22.6 Å². The van der Waals surface area contributed by atoms with Crippen LogP contribution >= 0.6 is 0 Å². The number of carbonyl (C=O) groups is 2. The number of esters is 1. The van der Waals surface area contributed by atoms with Gasteiger partial charge in [0.05, 0.1) is 10.5 Å². The minimum atomic E-state index is -3.79. The Morgan fingerprint density at radius 3 is 2.42 bits per heavy atom. The van der Waals surface area contributed by atoms with E-state index in [0.717, 1.165) is 22.5 Å². The smallest absolute Gasteiger partial charge is 0.338 e. The molecule has 1 aromatic heterocycles. The van der Waals surface area contributed by atoms with Crippen molar-refractivity contribution in [2.24, 2.45) is 7.05 Å². The standard InChI is InChI=1S/C25H26N2O5S/c1-17-13-23(18(2)26(17)3)24(28)16-32-25(29)20-9-6-10-22(14-20)33(30,31)27-12-11-19-7-4-5-8-21(19)15-27/h4-10,13-14H,11-12,15-16H2,1-3H3. The Morgan fingerprint density at radius 2 is 1.73 bits per heavy atom.